The first kappa shape index (κ1) is 14.3. The summed E-state index contributed by atoms with van der Waals surface area (Å²) in [6, 6.07) is 0.795. The Morgan fingerprint density at radius 3 is 2.50 bits per heavy atom. The van der Waals surface area contributed by atoms with Crippen molar-refractivity contribution in [1.82, 2.24) is 14.7 Å². The molecule has 0 spiro atoms. The van der Waals surface area contributed by atoms with Crippen LogP contribution in [0.15, 0.2) is 0 Å². The third-order valence-electron chi connectivity index (χ3n) is 4.41. The molecule has 4 nitrogen and oxygen atoms in total. The van der Waals surface area contributed by atoms with Crippen molar-refractivity contribution in [1.29, 1.82) is 0 Å². The van der Waals surface area contributed by atoms with Gasteiger partial charge in [0, 0.05) is 45.4 Å². The molecule has 0 radical (unpaired) electrons. The van der Waals surface area contributed by atoms with Crippen LogP contribution < -0.4 is 0 Å². The summed E-state index contributed by atoms with van der Waals surface area (Å²) in [5.41, 5.74) is 0. The Balaban J connectivity index is 1.66. The fraction of sp³-hybridized carbons (Fsp3) is 1.00. The van der Waals surface area contributed by atoms with E-state index in [0.29, 0.717) is 6.61 Å². The lowest BCUT2D eigenvalue weighted by Gasteiger charge is -2.42. The van der Waals surface area contributed by atoms with E-state index in [2.05, 4.69) is 21.7 Å². The molecule has 1 unspecified atom stereocenters. The Labute approximate surface area is 112 Å². The van der Waals surface area contributed by atoms with Crippen LogP contribution in [-0.4, -0.2) is 85.3 Å². The average molecular weight is 255 g/mol. The van der Waals surface area contributed by atoms with Crippen molar-refractivity contribution in [3.63, 3.8) is 0 Å². The highest BCUT2D eigenvalue weighted by molar-refractivity contribution is 4.83. The molecular weight excluding hydrogens is 226 g/mol. The molecule has 2 heterocycles. The molecule has 0 aromatic heterocycles. The minimum atomic E-state index is 0.342. The number of piperazine rings is 1. The Hall–Kier alpha value is -0.160. The van der Waals surface area contributed by atoms with Gasteiger partial charge in [-0.2, -0.15) is 0 Å². The maximum Gasteiger partial charge on any atom is 0.0431 e. The Kier molecular flexibility index (Phi) is 5.89. The third kappa shape index (κ3) is 4.19. The van der Waals surface area contributed by atoms with E-state index in [9.17, 15) is 0 Å². The van der Waals surface area contributed by atoms with Crippen molar-refractivity contribution in [3.05, 3.63) is 0 Å². The van der Waals surface area contributed by atoms with Crippen LogP contribution in [0.25, 0.3) is 0 Å². The SMILES string of the molecule is CN1CCCC(N2CCN(CCCCO)CC2)C1. The number of aliphatic hydroxyl groups is 1. The van der Waals surface area contributed by atoms with Crippen molar-refractivity contribution in [2.75, 3.05) is 59.5 Å². The van der Waals surface area contributed by atoms with Gasteiger partial charge in [0.2, 0.25) is 0 Å². The molecule has 0 amide bonds. The zero-order valence-corrected chi connectivity index (χ0v) is 11.9. The van der Waals surface area contributed by atoms with Gasteiger partial charge in [-0.15, -0.1) is 0 Å². The molecule has 0 aromatic carbocycles. The van der Waals surface area contributed by atoms with Crippen molar-refractivity contribution in [3.8, 4) is 0 Å². The second-order valence-electron chi connectivity index (χ2n) is 5.87. The topological polar surface area (TPSA) is 30.0 Å². The number of nitrogens with zero attached hydrogens (tertiary/aromatic N) is 3. The van der Waals surface area contributed by atoms with Gasteiger partial charge in [0.1, 0.15) is 0 Å². The number of hydrogen-bond acceptors (Lipinski definition) is 4. The standard InChI is InChI=1S/C14H29N3O/c1-15-6-4-5-14(13-15)17-10-8-16(9-11-17)7-2-3-12-18/h14,18H,2-13H2,1H3. The van der Waals surface area contributed by atoms with Crippen LogP contribution in [0.1, 0.15) is 25.7 Å². The summed E-state index contributed by atoms with van der Waals surface area (Å²) in [7, 11) is 2.25. The molecule has 1 atom stereocenters. The first-order chi connectivity index (χ1) is 8.79. The molecule has 0 aromatic rings. The zero-order chi connectivity index (χ0) is 12.8. The largest absolute Gasteiger partial charge is 0.396 e. The maximum absolute atomic E-state index is 8.80. The van der Waals surface area contributed by atoms with E-state index < -0.39 is 0 Å². The van der Waals surface area contributed by atoms with Crippen LogP contribution in [0.2, 0.25) is 0 Å². The Morgan fingerprint density at radius 2 is 1.83 bits per heavy atom. The molecule has 106 valence electrons. The Morgan fingerprint density at radius 1 is 1.06 bits per heavy atom. The number of piperidine rings is 1. The fourth-order valence-corrected chi connectivity index (χ4v) is 3.24. The van der Waals surface area contributed by atoms with Gasteiger partial charge in [-0.05, 0) is 45.8 Å². The number of hydrogen-bond donors (Lipinski definition) is 1. The van der Waals surface area contributed by atoms with Crippen LogP contribution in [0.4, 0.5) is 0 Å². The lowest BCUT2D eigenvalue weighted by Crippen LogP contribution is -2.54. The molecule has 2 aliphatic heterocycles. The summed E-state index contributed by atoms with van der Waals surface area (Å²) in [5.74, 6) is 0. The van der Waals surface area contributed by atoms with Crippen LogP contribution in [0, 0.1) is 0 Å². The molecule has 0 bridgehead atoms. The fourth-order valence-electron chi connectivity index (χ4n) is 3.24. The summed E-state index contributed by atoms with van der Waals surface area (Å²) in [6.45, 7) is 8.93. The molecule has 18 heavy (non-hydrogen) atoms. The first-order valence-electron chi connectivity index (χ1n) is 7.55. The normalized spacial score (nSPS) is 28.7. The highest BCUT2D eigenvalue weighted by Crippen LogP contribution is 2.16. The number of unbranched alkanes of at least 4 members (excludes halogenated alkanes) is 1. The molecule has 0 saturated carbocycles. The summed E-state index contributed by atoms with van der Waals surface area (Å²) >= 11 is 0. The van der Waals surface area contributed by atoms with Gasteiger partial charge >= 0.3 is 0 Å². The number of likely N-dealkylation sites (tertiary alicyclic amines) is 1. The van der Waals surface area contributed by atoms with Crippen LogP contribution in [0.5, 0.6) is 0 Å². The number of aliphatic hydroxyl groups excluding tert-OH is 1. The van der Waals surface area contributed by atoms with E-state index in [1.54, 1.807) is 0 Å². The van der Waals surface area contributed by atoms with Crippen LogP contribution in [0.3, 0.4) is 0 Å². The average Bonchev–Trinajstić information content (AvgIpc) is 2.40. The monoisotopic (exact) mass is 255 g/mol. The number of likely N-dealkylation sites (N-methyl/N-ethyl adjacent to an activating group) is 1. The first-order valence-corrected chi connectivity index (χ1v) is 7.55. The van der Waals surface area contributed by atoms with E-state index in [1.807, 2.05) is 0 Å². The van der Waals surface area contributed by atoms with Gasteiger partial charge in [0.05, 0.1) is 0 Å². The maximum atomic E-state index is 8.80. The summed E-state index contributed by atoms with van der Waals surface area (Å²) in [4.78, 5) is 7.72. The smallest absolute Gasteiger partial charge is 0.0431 e. The van der Waals surface area contributed by atoms with Crippen LogP contribution in [-0.2, 0) is 0 Å². The van der Waals surface area contributed by atoms with E-state index in [0.717, 1.165) is 18.9 Å². The molecular formula is C14H29N3O. The molecule has 2 saturated heterocycles. The third-order valence-corrected chi connectivity index (χ3v) is 4.41. The zero-order valence-electron chi connectivity index (χ0n) is 11.9. The van der Waals surface area contributed by atoms with E-state index in [1.165, 1.54) is 58.7 Å². The van der Waals surface area contributed by atoms with Gasteiger partial charge in [0.25, 0.3) is 0 Å². The summed E-state index contributed by atoms with van der Waals surface area (Å²) in [5, 5.41) is 8.80. The van der Waals surface area contributed by atoms with Gasteiger partial charge in [0.15, 0.2) is 0 Å². The van der Waals surface area contributed by atoms with Crippen molar-refractivity contribution < 1.29 is 5.11 Å². The predicted molar refractivity (Wildman–Crippen MR) is 74.9 cm³/mol. The second-order valence-corrected chi connectivity index (χ2v) is 5.87. The van der Waals surface area contributed by atoms with E-state index >= 15 is 0 Å². The molecule has 1 N–H and O–H groups in total. The second kappa shape index (κ2) is 7.43. The molecule has 0 aliphatic carbocycles. The summed E-state index contributed by atoms with van der Waals surface area (Å²) in [6.07, 6.45) is 4.84. The lowest BCUT2D eigenvalue weighted by atomic mass is 10.0. The molecule has 2 aliphatic rings. The minimum absolute atomic E-state index is 0.342. The van der Waals surface area contributed by atoms with Crippen LogP contribution >= 0.6 is 0 Å². The lowest BCUT2D eigenvalue weighted by molar-refractivity contribution is 0.0585. The number of rotatable bonds is 5. The quantitative estimate of drug-likeness (QED) is 0.724. The van der Waals surface area contributed by atoms with E-state index in [4.69, 9.17) is 5.11 Å². The van der Waals surface area contributed by atoms with Gasteiger partial charge < -0.3 is 14.9 Å². The van der Waals surface area contributed by atoms with Crippen molar-refractivity contribution in [2.24, 2.45) is 0 Å². The minimum Gasteiger partial charge on any atom is -0.396 e. The Bertz CT molecular complexity index is 229. The van der Waals surface area contributed by atoms with Gasteiger partial charge in [-0.3, -0.25) is 4.90 Å². The highest BCUT2D eigenvalue weighted by Gasteiger charge is 2.26. The van der Waals surface area contributed by atoms with E-state index in [-0.39, 0.29) is 0 Å². The molecule has 2 fully saturated rings. The summed E-state index contributed by atoms with van der Waals surface area (Å²) < 4.78 is 0. The molecule has 2 rings (SSSR count). The van der Waals surface area contributed by atoms with Gasteiger partial charge in [-0.25, -0.2) is 0 Å². The van der Waals surface area contributed by atoms with Crippen molar-refractivity contribution >= 4 is 0 Å². The van der Waals surface area contributed by atoms with Gasteiger partial charge in [-0.1, -0.05) is 0 Å². The van der Waals surface area contributed by atoms with Crippen molar-refractivity contribution in [2.45, 2.75) is 31.7 Å². The predicted octanol–water partition coefficient (Wildman–Crippen LogP) is 0.471. The molecule has 4 heteroatoms. The highest BCUT2D eigenvalue weighted by atomic mass is 16.2.